The van der Waals surface area contributed by atoms with E-state index in [1.54, 1.807) is 4.90 Å². The Balaban J connectivity index is 1.83. The van der Waals surface area contributed by atoms with Crippen LogP contribution in [0.15, 0.2) is 17.5 Å². The van der Waals surface area contributed by atoms with Crippen LogP contribution in [-0.2, 0) is 14.3 Å². The maximum Gasteiger partial charge on any atom is 0.264 e. The number of amides is 3. The lowest BCUT2D eigenvalue weighted by Crippen LogP contribution is -2.49. The molecular weight excluding hydrogens is 416 g/mol. The van der Waals surface area contributed by atoms with Gasteiger partial charge in [-0.1, -0.05) is 19.9 Å². The molecule has 2 aliphatic heterocycles. The number of ether oxygens (including phenoxy) is 1. The third-order valence-corrected chi connectivity index (χ3v) is 6.66. The summed E-state index contributed by atoms with van der Waals surface area (Å²) >= 11 is 1.42. The van der Waals surface area contributed by atoms with Gasteiger partial charge in [0.05, 0.1) is 10.9 Å². The second kappa shape index (κ2) is 11.1. The highest BCUT2D eigenvalue weighted by atomic mass is 32.1. The minimum atomic E-state index is -0.559. The summed E-state index contributed by atoms with van der Waals surface area (Å²) in [7, 11) is 1.48. The normalized spacial score (nSPS) is 21.9. The van der Waals surface area contributed by atoms with Crippen LogP contribution in [0.2, 0.25) is 0 Å². The van der Waals surface area contributed by atoms with E-state index in [0.717, 1.165) is 19.5 Å². The lowest BCUT2D eigenvalue weighted by molar-refractivity contribution is -0.145. The highest BCUT2D eigenvalue weighted by molar-refractivity contribution is 7.12. The van der Waals surface area contributed by atoms with Crippen molar-refractivity contribution in [1.82, 2.24) is 20.0 Å². The molecule has 0 spiro atoms. The van der Waals surface area contributed by atoms with Gasteiger partial charge in [0.1, 0.15) is 12.6 Å². The van der Waals surface area contributed by atoms with E-state index < -0.39 is 6.04 Å². The first-order chi connectivity index (χ1) is 14.9. The lowest BCUT2D eigenvalue weighted by Gasteiger charge is -2.30. The summed E-state index contributed by atoms with van der Waals surface area (Å²) in [5.74, 6) is 0.0199. The van der Waals surface area contributed by atoms with Gasteiger partial charge in [0.2, 0.25) is 11.8 Å². The molecule has 2 atom stereocenters. The number of methoxy groups -OCH3 is 1. The van der Waals surface area contributed by atoms with Crippen molar-refractivity contribution in [3.63, 3.8) is 0 Å². The molecule has 3 amide bonds. The molecule has 2 fully saturated rings. The van der Waals surface area contributed by atoms with Gasteiger partial charge in [-0.3, -0.25) is 14.4 Å². The number of thiophene rings is 1. The first-order valence-electron chi connectivity index (χ1n) is 11.0. The molecule has 1 aromatic heterocycles. The van der Waals surface area contributed by atoms with Gasteiger partial charge in [0.15, 0.2) is 0 Å². The fraction of sp³-hybridized carbons (Fsp3) is 0.682. The molecule has 31 heavy (non-hydrogen) atoms. The topological polar surface area (TPSA) is 82.2 Å². The molecule has 2 unspecified atom stereocenters. The second-order valence-corrected chi connectivity index (χ2v) is 9.59. The summed E-state index contributed by atoms with van der Waals surface area (Å²) in [6.45, 7) is 7.98. The number of carbonyl (C=O) groups is 3. The zero-order valence-corrected chi connectivity index (χ0v) is 19.5. The molecule has 2 saturated heterocycles. The second-order valence-electron chi connectivity index (χ2n) is 8.64. The largest absolute Gasteiger partial charge is 0.375 e. The predicted octanol–water partition coefficient (Wildman–Crippen LogP) is 1.28. The Morgan fingerprint density at radius 1 is 1.29 bits per heavy atom. The van der Waals surface area contributed by atoms with Gasteiger partial charge in [-0.25, -0.2) is 0 Å². The summed E-state index contributed by atoms with van der Waals surface area (Å²) in [5, 5.41) is 5.20. The standard InChI is InChI=1S/C22H34N4O4S/c1-16(2)13-25(22(29)19-6-4-11-31-19)17-12-18(26(14-17)20(27)15-30-3)21(28)24-9-5-7-23-8-10-24/h4,6,11,16-18,23H,5,7-10,12-15H2,1-3H3. The monoisotopic (exact) mass is 450 g/mol. The van der Waals surface area contributed by atoms with Gasteiger partial charge in [-0.05, 0) is 36.8 Å². The van der Waals surface area contributed by atoms with Crippen molar-refractivity contribution in [2.24, 2.45) is 5.92 Å². The van der Waals surface area contributed by atoms with Crippen molar-refractivity contribution >= 4 is 29.1 Å². The number of hydrogen-bond donors (Lipinski definition) is 1. The van der Waals surface area contributed by atoms with Crippen LogP contribution in [0.1, 0.15) is 36.4 Å². The van der Waals surface area contributed by atoms with Crippen molar-refractivity contribution in [2.45, 2.75) is 38.8 Å². The van der Waals surface area contributed by atoms with Crippen LogP contribution in [-0.4, -0.2) is 97.5 Å². The summed E-state index contributed by atoms with van der Waals surface area (Å²) < 4.78 is 5.07. The van der Waals surface area contributed by atoms with Gasteiger partial charge in [0, 0.05) is 39.8 Å². The van der Waals surface area contributed by atoms with E-state index in [4.69, 9.17) is 4.74 Å². The highest BCUT2D eigenvalue weighted by Gasteiger charge is 2.44. The Kier molecular flexibility index (Phi) is 8.45. The highest BCUT2D eigenvalue weighted by Crippen LogP contribution is 2.27. The molecule has 9 heteroatoms. The van der Waals surface area contributed by atoms with Crippen molar-refractivity contribution in [2.75, 3.05) is 53.0 Å². The van der Waals surface area contributed by atoms with Gasteiger partial charge in [-0.2, -0.15) is 0 Å². The van der Waals surface area contributed by atoms with Gasteiger partial charge in [0.25, 0.3) is 5.91 Å². The molecule has 172 valence electrons. The van der Waals surface area contributed by atoms with E-state index in [1.165, 1.54) is 18.4 Å². The third-order valence-electron chi connectivity index (χ3n) is 5.80. The minimum absolute atomic E-state index is 0.0243. The molecule has 0 aliphatic carbocycles. The van der Waals surface area contributed by atoms with Crippen LogP contribution in [0.3, 0.4) is 0 Å². The molecule has 0 bridgehead atoms. The molecular formula is C22H34N4O4S. The maximum atomic E-state index is 13.4. The Bertz CT molecular complexity index is 747. The third kappa shape index (κ3) is 5.84. The van der Waals surface area contributed by atoms with Crippen molar-refractivity contribution < 1.29 is 19.1 Å². The quantitative estimate of drug-likeness (QED) is 0.677. The molecule has 1 aromatic rings. The molecule has 0 aromatic carbocycles. The van der Waals surface area contributed by atoms with Gasteiger partial charge < -0.3 is 24.8 Å². The lowest BCUT2D eigenvalue weighted by atomic mass is 10.1. The van der Waals surface area contributed by atoms with Gasteiger partial charge in [-0.15, -0.1) is 11.3 Å². The van der Waals surface area contributed by atoms with E-state index in [1.807, 2.05) is 27.3 Å². The first kappa shape index (κ1) is 23.7. The van der Waals surface area contributed by atoms with E-state index in [0.29, 0.717) is 37.5 Å². The van der Waals surface area contributed by atoms with Crippen LogP contribution >= 0.6 is 11.3 Å². The van der Waals surface area contributed by atoms with Gasteiger partial charge >= 0.3 is 0 Å². The van der Waals surface area contributed by atoms with Crippen molar-refractivity contribution in [1.29, 1.82) is 0 Å². The summed E-state index contributed by atoms with van der Waals surface area (Å²) in [4.78, 5) is 45.5. The fourth-order valence-electron chi connectivity index (χ4n) is 4.37. The Labute approximate surface area is 188 Å². The van der Waals surface area contributed by atoms with Crippen LogP contribution in [0.25, 0.3) is 0 Å². The average molecular weight is 451 g/mol. The summed E-state index contributed by atoms with van der Waals surface area (Å²) in [5.41, 5.74) is 0. The molecule has 3 heterocycles. The molecule has 3 rings (SSSR count). The molecule has 8 nitrogen and oxygen atoms in total. The first-order valence-corrected chi connectivity index (χ1v) is 11.9. The number of carbonyl (C=O) groups excluding carboxylic acids is 3. The smallest absolute Gasteiger partial charge is 0.264 e. The molecule has 1 N–H and O–H groups in total. The number of rotatable bonds is 7. The fourth-order valence-corrected chi connectivity index (χ4v) is 5.04. The number of hydrogen-bond acceptors (Lipinski definition) is 6. The SMILES string of the molecule is COCC(=O)N1CC(N(CC(C)C)C(=O)c2cccs2)CC1C(=O)N1CCCNCC1. The Morgan fingerprint density at radius 2 is 2.10 bits per heavy atom. The minimum Gasteiger partial charge on any atom is -0.375 e. The van der Waals surface area contributed by atoms with Crippen molar-refractivity contribution in [3.05, 3.63) is 22.4 Å². The number of nitrogens with zero attached hydrogens (tertiary/aromatic N) is 3. The van der Waals surface area contributed by atoms with E-state index in [2.05, 4.69) is 19.2 Å². The van der Waals surface area contributed by atoms with E-state index in [9.17, 15) is 14.4 Å². The maximum absolute atomic E-state index is 13.4. The van der Waals surface area contributed by atoms with Crippen LogP contribution in [0.5, 0.6) is 0 Å². The van der Waals surface area contributed by atoms with E-state index >= 15 is 0 Å². The Morgan fingerprint density at radius 3 is 2.77 bits per heavy atom. The molecule has 0 saturated carbocycles. The summed E-state index contributed by atoms with van der Waals surface area (Å²) in [6, 6.07) is 2.94. The molecule has 0 radical (unpaired) electrons. The average Bonchev–Trinajstić information content (AvgIpc) is 3.35. The zero-order valence-electron chi connectivity index (χ0n) is 18.7. The summed E-state index contributed by atoms with van der Waals surface area (Å²) in [6.07, 6.45) is 1.35. The van der Waals surface area contributed by atoms with E-state index in [-0.39, 0.29) is 36.3 Å². The van der Waals surface area contributed by atoms with Crippen molar-refractivity contribution in [3.8, 4) is 0 Å². The predicted molar refractivity (Wildman–Crippen MR) is 120 cm³/mol. The zero-order chi connectivity index (χ0) is 22.4. The molecule has 2 aliphatic rings. The number of nitrogens with one attached hydrogen (secondary N) is 1. The Hall–Kier alpha value is -1.97. The van der Waals surface area contributed by atoms with Crippen LogP contribution in [0.4, 0.5) is 0 Å². The van der Waals surface area contributed by atoms with Crippen LogP contribution in [0, 0.1) is 5.92 Å². The number of likely N-dealkylation sites (tertiary alicyclic amines) is 1. The van der Waals surface area contributed by atoms with Crippen LogP contribution < -0.4 is 5.32 Å².